The first-order valence-corrected chi connectivity index (χ1v) is 5.09. The van der Waals surface area contributed by atoms with Crippen molar-refractivity contribution in [1.82, 2.24) is 4.90 Å². The zero-order valence-corrected chi connectivity index (χ0v) is 9.19. The van der Waals surface area contributed by atoms with Gasteiger partial charge < -0.3 is 0 Å². The third-order valence-electron chi connectivity index (χ3n) is 2.07. The third kappa shape index (κ3) is 1.98. The Bertz CT molecular complexity index is 248. The van der Waals surface area contributed by atoms with Crippen LogP contribution in [0, 0.1) is 0 Å². The molecule has 13 heavy (non-hydrogen) atoms. The van der Waals surface area contributed by atoms with Gasteiger partial charge in [-0.15, -0.1) is 0 Å². The molecule has 72 valence electrons. The van der Waals surface area contributed by atoms with E-state index in [9.17, 15) is 14.4 Å². The van der Waals surface area contributed by atoms with Gasteiger partial charge in [0.2, 0.25) is 0 Å². The molecule has 0 aromatic carbocycles. The standard InChI is InChI=1S/C8H11NO3Se/c1-2-5(8(12)13)9-6(10)3-4-7(9)11/h5H,2-4H2,1H3,(H,12,13). The van der Waals surface area contributed by atoms with Crippen LogP contribution in [0.1, 0.15) is 26.2 Å². The molecule has 0 aromatic rings. The Labute approximate surface area is 84.5 Å². The second-order valence-corrected chi connectivity index (χ2v) is 3.84. The predicted molar refractivity (Wildman–Crippen MR) is 47.3 cm³/mol. The Kier molecular flexibility index (Phi) is 3.22. The molecule has 1 aliphatic rings. The summed E-state index contributed by atoms with van der Waals surface area (Å²) in [6, 6.07) is -0.567. The van der Waals surface area contributed by atoms with Crippen LogP contribution in [0.25, 0.3) is 0 Å². The SMILES string of the molecule is CCC(C(=O)[SeH])N1C(=O)CCC1=O. The van der Waals surface area contributed by atoms with Gasteiger partial charge in [-0.1, -0.05) is 0 Å². The molecule has 2 amide bonds. The molecule has 0 aromatic heterocycles. The molecule has 0 radical (unpaired) electrons. The van der Waals surface area contributed by atoms with Crippen molar-refractivity contribution >= 4 is 32.5 Å². The minimum absolute atomic E-state index is 0.182. The quantitative estimate of drug-likeness (QED) is 0.492. The fourth-order valence-corrected chi connectivity index (χ4v) is 2.03. The number of hydrogen-bond acceptors (Lipinski definition) is 3. The van der Waals surface area contributed by atoms with Crippen LogP contribution in [0.15, 0.2) is 0 Å². The summed E-state index contributed by atoms with van der Waals surface area (Å²) < 4.78 is -0.182. The molecule has 1 saturated heterocycles. The van der Waals surface area contributed by atoms with Crippen LogP contribution in [-0.4, -0.2) is 43.5 Å². The monoisotopic (exact) mass is 249 g/mol. The normalized spacial score (nSPS) is 19.4. The number of amides is 2. The molecule has 0 N–H and O–H groups in total. The van der Waals surface area contributed by atoms with Crippen molar-refractivity contribution < 1.29 is 14.4 Å². The van der Waals surface area contributed by atoms with E-state index in [2.05, 4.69) is 0 Å². The average Bonchev–Trinajstić information content (AvgIpc) is 2.36. The summed E-state index contributed by atoms with van der Waals surface area (Å²) in [7, 11) is 0. The molecular formula is C8H11NO3Se. The molecule has 1 rings (SSSR count). The number of imide groups is 1. The van der Waals surface area contributed by atoms with Gasteiger partial charge in [-0.3, -0.25) is 0 Å². The van der Waals surface area contributed by atoms with E-state index in [-0.39, 0.29) is 29.3 Å². The van der Waals surface area contributed by atoms with Crippen LogP contribution < -0.4 is 0 Å². The maximum absolute atomic E-state index is 11.2. The molecule has 0 spiro atoms. The van der Waals surface area contributed by atoms with Crippen LogP contribution in [0.4, 0.5) is 0 Å². The van der Waals surface area contributed by atoms with Crippen LogP contribution in [0.2, 0.25) is 0 Å². The number of rotatable bonds is 3. The summed E-state index contributed by atoms with van der Waals surface area (Å²) in [4.78, 5) is 34.6. The molecule has 0 saturated carbocycles. The van der Waals surface area contributed by atoms with E-state index in [0.717, 1.165) is 4.90 Å². The summed E-state index contributed by atoms with van der Waals surface area (Å²) in [5.74, 6) is -0.451. The van der Waals surface area contributed by atoms with Gasteiger partial charge in [-0.05, 0) is 0 Å². The van der Waals surface area contributed by atoms with E-state index < -0.39 is 6.04 Å². The second-order valence-electron chi connectivity index (χ2n) is 2.92. The number of likely N-dealkylation sites (tertiary alicyclic amines) is 1. The Morgan fingerprint density at radius 2 is 1.92 bits per heavy atom. The molecule has 1 aliphatic heterocycles. The predicted octanol–water partition coefficient (Wildman–Crippen LogP) is -0.659. The van der Waals surface area contributed by atoms with Gasteiger partial charge in [-0.25, -0.2) is 0 Å². The van der Waals surface area contributed by atoms with Crippen molar-refractivity contribution in [2.75, 3.05) is 0 Å². The van der Waals surface area contributed by atoms with Gasteiger partial charge in [0.05, 0.1) is 0 Å². The number of carbonyl (C=O) groups is 3. The molecule has 1 unspecified atom stereocenters. The number of carbonyl (C=O) groups excluding carboxylic acids is 3. The van der Waals surface area contributed by atoms with Gasteiger partial charge in [0, 0.05) is 0 Å². The van der Waals surface area contributed by atoms with Crippen molar-refractivity contribution in [2.45, 2.75) is 32.2 Å². The first-order valence-electron chi connectivity index (χ1n) is 4.15. The average molecular weight is 248 g/mol. The van der Waals surface area contributed by atoms with E-state index in [1.54, 1.807) is 6.92 Å². The summed E-state index contributed by atoms with van der Waals surface area (Å²) in [5.41, 5.74) is 0. The van der Waals surface area contributed by atoms with E-state index in [1.807, 2.05) is 16.0 Å². The van der Waals surface area contributed by atoms with Gasteiger partial charge in [0.1, 0.15) is 0 Å². The molecular weight excluding hydrogens is 237 g/mol. The fourth-order valence-electron chi connectivity index (χ4n) is 1.41. The van der Waals surface area contributed by atoms with Crippen molar-refractivity contribution in [3.8, 4) is 0 Å². The first-order chi connectivity index (χ1) is 6.07. The van der Waals surface area contributed by atoms with Crippen molar-refractivity contribution in [2.24, 2.45) is 0 Å². The Morgan fingerprint density at radius 1 is 1.46 bits per heavy atom. The van der Waals surface area contributed by atoms with E-state index in [1.165, 1.54) is 0 Å². The summed E-state index contributed by atoms with van der Waals surface area (Å²) in [6.45, 7) is 1.79. The van der Waals surface area contributed by atoms with E-state index >= 15 is 0 Å². The van der Waals surface area contributed by atoms with Gasteiger partial charge in [0.25, 0.3) is 0 Å². The minimum atomic E-state index is -0.567. The van der Waals surface area contributed by atoms with Crippen molar-refractivity contribution in [3.63, 3.8) is 0 Å². The van der Waals surface area contributed by atoms with Crippen LogP contribution in [0.3, 0.4) is 0 Å². The molecule has 0 aliphatic carbocycles. The Morgan fingerprint density at radius 3 is 2.23 bits per heavy atom. The molecule has 5 heteroatoms. The van der Waals surface area contributed by atoms with E-state index in [0.29, 0.717) is 6.42 Å². The third-order valence-corrected chi connectivity index (χ3v) is 2.70. The van der Waals surface area contributed by atoms with Crippen LogP contribution >= 0.6 is 0 Å². The van der Waals surface area contributed by atoms with E-state index in [4.69, 9.17) is 0 Å². The van der Waals surface area contributed by atoms with Crippen molar-refractivity contribution in [1.29, 1.82) is 0 Å². The zero-order valence-electron chi connectivity index (χ0n) is 7.32. The summed E-state index contributed by atoms with van der Waals surface area (Å²) in [5, 5.41) is 0. The van der Waals surface area contributed by atoms with Crippen LogP contribution in [-0.2, 0) is 14.4 Å². The van der Waals surface area contributed by atoms with Gasteiger partial charge >= 0.3 is 84.0 Å². The second kappa shape index (κ2) is 4.03. The number of hydrogen-bond donors (Lipinski definition) is 0. The molecule has 1 fully saturated rings. The zero-order chi connectivity index (χ0) is 10.0. The first kappa shape index (κ1) is 10.4. The van der Waals surface area contributed by atoms with Gasteiger partial charge in [0.15, 0.2) is 0 Å². The summed E-state index contributed by atoms with van der Waals surface area (Å²) in [6.07, 6.45) is 0.982. The summed E-state index contributed by atoms with van der Waals surface area (Å²) >= 11 is 1.87. The fraction of sp³-hybridized carbons (Fsp3) is 0.625. The molecule has 0 bridgehead atoms. The molecule has 1 heterocycles. The maximum atomic E-state index is 11.2. The van der Waals surface area contributed by atoms with Gasteiger partial charge in [-0.2, -0.15) is 0 Å². The van der Waals surface area contributed by atoms with Crippen molar-refractivity contribution in [3.05, 3.63) is 0 Å². The van der Waals surface area contributed by atoms with Crippen LogP contribution in [0.5, 0.6) is 0 Å². The Balaban J connectivity index is 2.84. The number of nitrogens with zero attached hydrogens (tertiary/aromatic N) is 1. The topological polar surface area (TPSA) is 54.5 Å². The molecule has 1 atom stereocenters. The molecule has 4 nitrogen and oxygen atoms in total. The Hall–Kier alpha value is -0.671.